The van der Waals surface area contributed by atoms with Crippen LogP contribution in [-0.2, 0) is 11.2 Å². The summed E-state index contributed by atoms with van der Waals surface area (Å²) in [5.41, 5.74) is 0.836. The van der Waals surface area contributed by atoms with Crippen molar-refractivity contribution in [1.29, 1.82) is 0 Å². The SMILES string of the molecule is COc1cccc(SCC(=O)Cc2ccc(F)cc2)c1. The monoisotopic (exact) mass is 290 g/mol. The maximum Gasteiger partial charge on any atom is 0.147 e. The molecule has 0 aliphatic heterocycles. The van der Waals surface area contributed by atoms with Crippen LogP contribution >= 0.6 is 11.8 Å². The van der Waals surface area contributed by atoms with Crippen molar-refractivity contribution in [3.05, 3.63) is 59.9 Å². The molecule has 0 amide bonds. The molecule has 0 saturated carbocycles. The zero-order valence-electron chi connectivity index (χ0n) is 11.1. The van der Waals surface area contributed by atoms with E-state index in [1.165, 1.54) is 23.9 Å². The molecule has 0 fully saturated rings. The number of Topliss-reactive ketones (excluding diaryl/α,β-unsaturated/α-hetero) is 1. The smallest absolute Gasteiger partial charge is 0.147 e. The van der Waals surface area contributed by atoms with Gasteiger partial charge in [-0.05, 0) is 35.9 Å². The van der Waals surface area contributed by atoms with Crippen molar-refractivity contribution in [2.24, 2.45) is 0 Å². The minimum Gasteiger partial charge on any atom is -0.497 e. The van der Waals surface area contributed by atoms with Crippen molar-refractivity contribution in [2.75, 3.05) is 12.9 Å². The molecule has 0 unspecified atom stereocenters. The van der Waals surface area contributed by atoms with Gasteiger partial charge in [0.05, 0.1) is 12.9 Å². The quantitative estimate of drug-likeness (QED) is 0.758. The standard InChI is InChI=1S/C16H15FO2S/c1-19-15-3-2-4-16(10-15)20-11-14(18)9-12-5-7-13(17)8-6-12/h2-8,10H,9,11H2,1H3. The zero-order chi connectivity index (χ0) is 14.4. The van der Waals surface area contributed by atoms with E-state index < -0.39 is 0 Å². The Kier molecular flexibility index (Phi) is 5.18. The minimum absolute atomic E-state index is 0.115. The van der Waals surface area contributed by atoms with E-state index in [0.717, 1.165) is 16.2 Å². The second kappa shape index (κ2) is 7.10. The predicted molar refractivity (Wildman–Crippen MR) is 78.8 cm³/mol. The number of methoxy groups -OCH3 is 1. The van der Waals surface area contributed by atoms with Crippen LogP contribution in [0.25, 0.3) is 0 Å². The molecule has 0 spiro atoms. The Morgan fingerprint density at radius 2 is 1.95 bits per heavy atom. The number of benzene rings is 2. The van der Waals surface area contributed by atoms with Crippen LogP contribution in [0, 0.1) is 5.82 Å². The van der Waals surface area contributed by atoms with Crippen molar-refractivity contribution < 1.29 is 13.9 Å². The summed E-state index contributed by atoms with van der Waals surface area (Å²) < 4.78 is 17.9. The van der Waals surface area contributed by atoms with Crippen molar-refractivity contribution in [2.45, 2.75) is 11.3 Å². The van der Waals surface area contributed by atoms with Gasteiger partial charge >= 0.3 is 0 Å². The Labute approximate surface area is 122 Å². The highest BCUT2D eigenvalue weighted by Gasteiger charge is 2.06. The Morgan fingerprint density at radius 1 is 1.20 bits per heavy atom. The third-order valence-corrected chi connectivity index (χ3v) is 3.81. The molecule has 0 radical (unpaired) electrons. The molecular weight excluding hydrogens is 275 g/mol. The fourth-order valence-corrected chi connectivity index (χ4v) is 2.54. The molecule has 0 bridgehead atoms. The van der Waals surface area contributed by atoms with E-state index in [4.69, 9.17) is 4.74 Å². The van der Waals surface area contributed by atoms with Gasteiger partial charge in [0.2, 0.25) is 0 Å². The fraction of sp³-hybridized carbons (Fsp3) is 0.188. The van der Waals surface area contributed by atoms with E-state index in [-0.39, 0.29) is 11.6 Å². The Morgan fingerprint density at radius 3 is 2.65 bits per heavy atom. The first-order chi connectivity index (χ1) is 9.67. The maximum absolute atomic E-state index is 12.8. The molecule has 4 heteroatoms. The number of hydrogen-bond acceptors (Lipinski definition) is 3. The van der Waals surface area contributed by atoms with Gasteiger partial charge < -0.3 is 4.74 Å². The highest BCUT2D eigenvalue weighted by atomic mass is 32.2. The summed E-state index contributed by atoms with van der Waals surface area (Å²) in [5.74, 6) is 1.00. The van der Waals surface area contributed by atoms with Gasteiger partial charge in [-0.15, -0.1) is 11.8 Å². The molecule has 2 aromatic carbocycles. The number of carbonyl (C=O) groups is 1. The summed E-state index contributed by atoms with van der Waals surface area (Å²) in [4.78, 5) is 12.9. The third kappa shape index (κ3) is 4.38. The summed E-state index contributed by atoms with van der Waals surface area (Å²) in [7, 11) is 1.61. The van der Waals surface area contributed by atoms with E-state index in [0.29, 0.717) is 12.2 Å². The van der Waals surface area contributed by atoms with Crippen LogP contribution in [0.15, 0.2) is 53.4 Å². The normalized spacial score (nSPS) is 10.3. The van der Waals surface area contributed by atoms with Gasteiger partial charge in [-0.25, -0.2) is 4.39 Å². The van der Waals surface area contributed by atoms with E-state index in [1.807, 2.05) is 24.3 Å². The fourth-order valence-electron chi connectivity index (χ4n) is 1.74. The molecule has 2 aromatic rings. The first kappa shape index (κ1) is 14.6. The zero-order valence-corrected chi connectivity index (χ0v) is 12.0. The Balaban J connectivity index is 1.87. The van der Waals surface area contributed by atoms with Gasteiger partial charge in [-0.1, -0.05) is 18.2 Å². The third-order valence-electron chi connectivity index (χ3n) is 2.76. The molecule has 2 nitrogen and oxygen atoms in total. The Bertz CT molecular complexity index is 581. The number of carbonyl (C=O) groups excluding carboxylic acids is 1. The van der Waals surface area contributed by atoms with Crippen molar-refractivity contribution in [3.63, 3.8) is 0 Å². The number of thioether (sulfide) groups is 1. The van der Waals surface area contributed by atoms with Crippen LogP contribution in [0.1, 0.15) is 5.56 Å². The molecule has 0 atom stereocenters. The maximum atomic E-state index is 12.8. The van der Waals surface area contributed by atoms with Crippen LogP contribution in [0.2, 0.25) is 0 Å². The molecular formula is C16H15FO2S. The molecule has 0 saturated heterocycles. The van der Waals surface area contributed by atoms with Crippen molar-refractivity contribution >= 4 is 17.5 Å². The Hall–Kier alpha value is -1.81. The number of halogens is 1. The average Bonchev–Trinajstić information content (AvgIpc) is 2.48. The number of hydrogen-bond donors (Lipinski definition) is 0. The van der Waals surface area contributed by atoms with Crippen LogP contribution in [0.5, 0.6) is 5.75 Å². The van der Waals surface area contributed by atoms with Crippen LogP contribution in [-0.4, -0.2) is 18.6 Å². The first-order valence-electron chi connectivity index (χ1n) is 6.20. The second-order valence-electron chi connectivity index (χ2n) is 4.31. The van der Waals surface area contributed by atoms with E-state index in [2.05, 4.69) is 0 Å². The van der Waals surface area contributed by atoms with Gasteiger partial charge in [0.15, 0.2) is 0 Å². The largest absolute Gasteiger partial charge is 0.497 e. The lowest BCUT2D eigenvalue weighted by molar-refractivity contribution is -0.116. The molecule has 0 N–H and O–H groups in total. The highest BCUT2D eigenvalue weighted by Crippen LogP contribution is 2.23. The van der Waals surface area contributed by atoms with Crippen LogP contribution < -0.4 is 4.74 Å². The lowest BCUT2D eigenvalue weighted by Gasteiger charge is -2.04. The van der Waals surface area contributed by atoms with Gasteiger partial charge in [0.25, 0.3) is 0 Å². The molecule has 0 aromatic heterocycles. The molecule has 104 valence electrons. The topological polar surface area (TPSA) is 26.3 Å². The van der Waals surface area contributed by atoms with Gasteiger partial charge in [-0.3, -0.25) is 4.79 Å². The lowest BCUT2D eigenvalue weighted by Crippen LogP contribution is -2.05. The first-order valence-corrected chi connectivity index (χ1v) is 7.19. The van der Waals surface area contributed by atoms with Gasteiger partial charge in [0, 0.05) is 11.3 Å². The highest BCUT2D eigenvalue weighted by molar-refractivity contribution is 8.00. The molecule has 20 heavy (non-hydrogen) atoms. The van der Waals surface area contributed by atoms with Crippen LogP contribution in [0.4, 0.5) is 4.39 Å². The summed E-state index contributed by atoms with van der Waals surface area (Å²) in [6.07, 6.45) is 0.331. The van der Waals surface area contributed by atoms with Crippen molar-refractivity contribution in [1.82, 2.24) is 0 Å². The minimum atomic E-state index is -0.285. The summed E-state index contributed by atoms with van der Waals surface area (Å²) in [6.45, 7) is 0. The van der Waals surface area contributed by atoms with E-state index in [1.54, 1.807) is 19.2 Å². The molecule has 0 aliphatic carbocycles. The van der Waals surface area contributed by atoms with Crippen LogP contribution in [0.3, 0.4) is 0 Å². The summed E-state index contributed by atoms with van der Waals surface area (Å²) in [5, 5.41) is 0. The summed E-state index contributed by atoms with van der Waals surface area (Å²) >= 11 is 1.48. The lowest BCUT2D eigenvalue weighted by atomic mass is 10.1. The van der Waals surface area contributed by atoms with Crippen molar-refractivity contribution in [3.8, 4) is 5.75 Å². The number of ether oxygens (including phenoxy) is 1. The van der Waals surface area contributed by atoms with E-state index >= 15 is 0 Å². The molecule has 0 heterocycles. The molecule has 0 aliphatic rings. The number of ketones is 1. The van der Waals surface area contributed by atoms with Gasteiger partial charge in [0.1, 0.15) is 17.3 Å². The second-order valence-corrected chi connectivity index (χ2v) is 5.36. The van der Waals surface area contributed by atoms with E-state index in [9.17, 15) is 9.18 Å². The number of rotatable bonds is 6. The predicted octanol–water partition coefficient (Wildman–Crippen LogP) is 3.74. The summed E-state index contributed by atoms with van der Waals surface area (Å²) in [6, 6.07) is 13.6. The molecule has 2 rings (SSSR count). The average molecular weight is 290 g/mol. The van der Waals surface area contributed by atoms with Gasteiger partial charge in [-0.2, -0.15) is 0 Å².